The summed E-state index contributed by atoms with van der Waals surface area (Å²) in [6.45, 7) is 4.67. The molecule has 0 saturated heterocycles. The third-order valence-corrected chi connectivity index (χ3v) is 22.2. The van der Waals surface area contributed by atoms with Gasteiger partial charge in [0.05, 0.1) is 38.9 Å². The fourth-order valence-corrected chi connectivity index (χ4v) is 17.1. The Bertz CT molecular complexity index is 6530. The zero-order chi connectivity index (χ0) is 71.9. The molecule has 21 rings (SSSR count). The fraction of sp³-hybridized carbons (Fsp3) is 0.0396. The van der Waals surface area contributed by atoms with Crippen molar-refractivity contribution >= 4 is 43.6 Å². The van der Waals surface area contributed by atoms with Crippen LogP contribution in [-0.2, 0) is 10.8 Å². The van der Waals surface area contributed by atoms with Crippen molar-refractivity contribution in [3.8, 4) is 113 Å². The standard InChI is InChI=1S/C52H34N4.C49H35N3/c1-5-17-35(18-6-1)49-53-50(36-19-7-2-8-20-36)55-51(54-49)56-47-28-16-14-26-42(47)44-34-38(30-32-48(44)56)37-29-31-46-43(33-37)41-25-13-15-27-45(41)52(46,39-21-9-3-10-22-39)40-23-11-4-12-24-40;1-49(2)42-22-11-9-20-38(42)40-29-34(24-26-43(40)49)35-25-27-47-41(30-35)39-21-10-12-23-46(39)52(47)37-19-13-18-36(28-37)45-31-44(32-14-5-3-6-15-32)50-48(51-45)33-16-7-4-8-17-33/h1-34H;3-31H,1-2H3. The predicted octanol–water partition coefficient (Wildman–Crippen LogP) is 24.9. The van der Waals surface area contributed by atoms with Crippen molar-refractivity contribution in [2.45, 2.75) is 24.7 Å². The molecule has 108 heavy (non-hydrogen) atoms. The van der Waals surface area contributed by atoms with E-state index in [2.05, 4.69) is 320 Å². The van der Waals surface area contributed by atoms with E-state index in [0.717, 1.165) is 72.3 Å². The molecule has 0 unspecified atom stereocenters. The van der Waals surface area contributed by atoms with Gasteiger partial charge < -0.3 is 4.57 Å². The van der Waals surface area contributed by atoms with Crippen LogP contribution < -0.4 is 0 Å². The van der Waals surface area contributed by atoms with E-state index in [1.165, 1.54) is 94.1 Å². The van der Waals surface area contributed by atoms with Gasteiger partial charge in [-0.15, -0.1) is 0 Å². The average Bonchev–Trinajstić information content (AvgIpc) is 1.64. The second-order valence-corrected chi connectivity index (χ2v) is 28.6. The van der Waals surface area contributed by atoms with Crippen molar-refractivity contribution in [2.75, 3.05) is 0 Å². The van der Waals surface area contributed by atoms with E-state index in [1.54, 1.807) is 0 Å². The molecule has 0 spiro atoms. The molecule has 4 heterocycles. The lowest BCUT2D eigenvalue weighted by Crippen LogP contribution is -2.28. The van der Waals surface area contributed by atoms with Gasteiger partial charge in [-0.2, -0.15) is 9.97 Å². The van der Waals surface area contributed by atoms with Crippen LogP contribution in [0.5, 0.6) is 0 Å². The topological polar surface area (TPSA) is 74.3 Å². The number of aromatic nitrogens is 7. The van der Waals surface area contributed by atoms with E-state index in [0.29, 0.717) is 23.4 Å². The highest BCUT2D eigenvalue weighted by Gasteiger charge is 2.46. The van der Waals surface area contributed by atoms with Gasteiger partial charge in [0.1, 0.15) is 0 Å². The minimum atomic E-state index is -0.425. The van der Waals surface area contributed by atoms with Crippen molar-refractivity contribution in [1.82, 2.24) is 34.1 Å². The maximum Gasteiger partial charge on any atom is 0.238 e. The van der Waals surface area contributed by atoms with E-state index >= 15 is 0 Å². The number of nitrogens with zero attached hydrogens (tertiary/aromatic N) is 7. The van der Waals surface area contributed by atoms with Gasteiger partial charge >= 0.3 is 0 Å². The lowest BCUT2D eigenvalue weighted by Gasteiger charge is -2.33. The molecule has 2 aliphatic rings. The van der Waals surface area contributed by atoms with Gasteiger partial charge in [0.2, 0.25) is 5.95 Å². The fourth-order valence-electron chi connectivity index (χ4n) is 17.1. The molecule has 19 aromatic rings. The highest BCUT2D eigenvalue weighted by Crippen LogP contribution is 2.57. The van der Waals surface area contributed by atoms with E-state index in [1.807, 2.05) is 84.9 Å². The summed E-state index contributed by atoms with van der Waals surface area (Å²) in [5.74, 6) is 2.57. The molecule has 0 saturated carbocycles. The lowest BCUT2D eigenvalue weighted by atomic mass is 9.67. The molecule has 7 heteroatoms. The number of hydrogen-bond acceptors (Lipinski definition) is 5. The van der Waals surface area contributed by atoms with Crippen LogP contribution >= 0.6 is 0 Å². The normalized spacial score (nSPS) is 12.9. The van der Waals surface area contributed by atoms with Gasteiger partial charge in [-0.3, -0.25) is 4.57 Å². The first-order chi connectivity index (χ1) is 53.3. The molecule has 7 nitrogen and oxygen atoms in total. The maximum absolute atomic E-state index is 5.12. The van der Waals surface area contributed by atoms with Crippen molar-refractivity contribution in [2.24, 2.45) is 0 Å². The molecule has 2 aliphatic carbocycles. The SMILES string of the molecule is CC1(C)c2ccccc2-c2cc(-c3ccc4c(c3)c3ccccc3n4-c3cccc(-c4cc(-c5ccccc5)nc(-c5ccccc5)n4)c3)ccc21.c1ccc(-c2nc(-c3ccccc3)nc(-n3c4ccccc4c4cc(-c5ccc6c(c5)-c5ccccc5C6(c5ccccc5)c5ccccc5)ccc43)n2)cc1. The van der Waals surface area contributed by atoms with Crippen molar-refractivity contribution in [1.29, 1.82) is 0 Å². The Morgan fingerprint density at radius 2 is 0.593 bits per heavy atom. The first kappa shape index (κ1) is 63.7. The van der Waals surface area contributed by atoms with Gasteiger partial charge in [-0.1, -0.05) is 329 Å². The van der Waals surface area contributed by atoms with E-state index in [9.17, 15) is 0 Å². The maximum atomic E-state index is 5.12. The average molecular weight is 1380 g/mol. The Labute approximate surface area is 626 Å². The second kappa shape index (κ2) is 26.0. The Balaban J connectivity index is 0.000000143. The smallest absolute Gasteiger partial charge is 0.238 e. The number of rotatable bonds is 11. The highest BCUT2D eigenvalue weighted by molar-refractivity contribution is 6.12. The van der Waals surface area contributed by atoms with Gasteiger partial charge in [0.25, 0.3) is 0 Å². The second-order valence-electron chi connectivity index (χ2n) is 28.6. The lowest BCUT2D eigenvalue weighted by molar-refractivity contribution is 0.660. The van der Waals surface area contributed by atoms with Crippen LogP contribution in [0.25, 0.3) is 156 Å². The molecular weight excluding hydrogens is 1310 g/mol. The summed E-state index contributed by atoms with van der Waals surface area (Å²) in [7, 11) is 0. The number of benzene rings is 15. The summed E-state index contributed by atoms with van der Waals surface area (Å²) < 4.78 is 4.57. The molecular formula is C101H69N7. The number of para-hydroxylation sites is 2. The number of hydrogen-bond donors (Lipinski definition) is 0. The first-order valence-corrected chi connectivity index (χ1v) is 37.0. The number of fused-ring (bicyclic) bond motifs is 12. The van der Waals surface area contributed by atoms with Crippen LogP contribution in [0.1, 0.15) is 47.2 Å². The largest absolute Gasteiger partial charge is 0.309 e. The molecule has 15 aromatic carbocycles. The summed E-state index contributed by atoms with van der Waals surface area (Å²) in [6.07, 6.45) is 0. The highest BCUT2D eigenvalue weighted by atomic mass is 15.2. The van der Waals surface area contributed by atoms with Crippen LogP contribution in [-0.4, -0.2) is 34.1 Å². The third kappa shape index (κ3) is 10.6. The van der Waals surface area contributed by atoms with E-state index in [4.69, 9.17) is 24.9 Å². The van der Waals surface area contributed by atoms with Gasteiger partial charge in [0, 0.05) is 60.5 Å². The third-order valence-electron chi connectivity index (χ3n) is 22.2. The molecule has 0 radical (unpaired) electrons. The van der Waals surface area contributed by atoms with Crippen molar-refractivity contribution in [3.63, 3.8) is 0 Å². The van der Waals surface area contributed by atoms with Gasteiger partial charge in [0.15, 0.2) is 17.5 Å². The molecule has 0 fully saturated rings. The zero-order valence-corrected chi connectivity index (χ0v) is 59.5. The summed E-state index contributed by atoms with van der Waals surface area (Å²) in [5, 5.41) is 4.76. The quantitative estimate of drug-likeness (QED) is 0.129. The Kier molecular flexibility index (Phi) is 15.3. The van der Waals surface area contributed by atoms with Crippen molar-refractivity contribution in [3.05, 3.63) is 416 Å². The predicted molar refractivity (Wildman–Crippen MR) is 443 cm³/mol. The van der Waals surface area contributed by atoms with Crippen LogP contribution in [0.3, 0.4) is 0 Å². The van der Waals surface area contributed by atoms with Crippen LogP contribution in [0.15, 0.2) is 382 Å². The first-order valence-electron chi connectivity index (χ1n) is 37.0. The summed E-state index contributed by atoms with van der Waals surface area (Å²) >= 11 is 0. The minimum absolute atomic E-state index is 0.00558. The summed E-state index contributed by atoms with van der Waals surface area (Å²) in [4.78, 5) is 25.3. The van der Waals surface area contributed by atoms with Crippen LogP contribution in [0.2, 0.25) is 0 Å². The van der Waals surface area contributed by atoms with Gasteiger partial charge in [-0.05, 0) is 145 Å². The van der Waals surface area contributed by atoms with Crippen molar-refractivity contribution < 1.29 is 0 Å². The molecule has 4 aromatic heterocycles. The van der Waals surface area contributed by atoms with E-state index in [-0.39, 0.29) is 5.41 Å². The molecule has 508 valence electrons. The monoisotopic (exact) mass is 1380 g/mol. The Morgan fingerprint density at radius 1 is 0.222 bits per heavy atom. The molecule has 0 atom stereocenters. The Hall–Kier alpha value is -14.0. The summed E-state index contributed by atoms with van der Waals surface area (Å²) in [6, 6.07) is 136. The summed E-state index contributed by atoms with van der Waals surface area (Å²) in [5.41, 5.74) is 29.8. The van der Waals surface area contributed by atoms with Crippen LogP contribution in [0.4, 0.5) is 0 Å². The zero-order valence-electron chi connectivity index (χ0n) is 59.5. The molecule has 0 N–H and O–H groups in total. The molecule has 0 amide bonds. The Morgan fingerprint density at radius 3 is 1.15 bits per heavy atom. The van der Waals surface area contributed by atoms with Gasteiger partial charge in [-0.25, -0.2) is 15.0 Å². The van der Waals surface area contributed by atoms with E-state index < -0.39 is 5.41 Å². The molecule has 0 aliphatic heterocycles. The van der Waals surface area contributed by atoms with Crippen LogP contribution in [0, 0.1) is 0 Å². The minimum Gasteiger partial charge on any atom is -0.309 e. The molecule has 0 bridgehead atoms.